The Kier molecular flexibility index (Phi) is 9.82. The van der Waals surface area contributed by atoms with Crippen LogP contribution in [-0.4, -0.2) is 72.3 Å². The van der Waals surface area contributed by atoms with Crippen molar-refractivity contribution >= 4 is 40.2 Å². The summed E-state index contributed by atoms with van der Waals surface area (Å²) in [5.74, 6) is 0.574. The number of carbonyl (C=O) groups is 2. The zero-order chi connectivity index (χ0) is 30.4. The number of hydrogen-bond acceptors (Lipinski definition) is 7. The summed E-state index contributed by atoms with van der Waals surface area (Å²) in [7, 11) is 5.40. The van der Waals surface area contributed by atoms with Gasteiger partial charge in [0.05, 0.1) is 41.9 Å². The van der Waals surface area contributed by atoms with E-state index >= 15 is 0 Å². The van der Waals surface area contributed by atoms with E-state index in [1.807, 2.05) is 25.9 Å². The average molecular weight is 592 g/mol. The summed E-state index contributed by atoms with van der Waals surface area (Å²) in [6.45, 7) is 4.74. The summed E-state index contributed by atoms with van der Waals surface area (Å²) in [6.07, 6.45) is 0. The number of carbonyl (C=O) groups excluding carboxylic acids is 2. The van der Waals surface area contributed by atoms with Crippen LogP contribution in [0.4, 0.5) is 10.5 Å². The first-order chi connectivity index (χ1) is 20.1. The van der Waals surface area contributed by atoms with Gasteiger partial charge in [-0.05, 0) is 94.7 Å². The smallest absolute Gasteiger partial charge is 0.338 e. The molecule has 1 unspecified atom stereocenters. The zero-order valence-electron chi connectivity index (χ0n) is 24.3. The second-order valence-corrected chi connectivity index (χ2v) is 10.3. The van der Waals surface area contributed by atoms with Crippen LogP contribution in [0.2, 0.25) is 5.02 Å². The maximum absolute atomic E-state index is 13.9. The zero-order valence-corrected chi connectivity index (χ0v) is 25.0. The summed E-state index contributed by atoms with van der Waals surface area (Å²) >= 11 is 6.26. The second-order valence-electron chi connectivity index (χ2n) is 9.87. The molecule has 0 aliphatic rings. The van der Waals surface area contributed by atoms with Gasteiger partial charge in [-0.1, -0.05) is 11.6 Å². The number of halogens is 1. The van der Waals surface area contributed by atoms with E-state index in [4.69, 9.17) is 26.1 Å². The van der Waals surface area contributed by atoms with Crippen molar-refractivity contribution in [2.24, 2.45) is 0 Å². The molecule has 1 atom stereocenters. The number of hydrogen-bond donors (Lipinski definition) is 1. The Morgan fingerprint density at radius 1 is 1.02 bits per heavy atom. The number of urea groups is 1. The summed E-state index contributed by atoms with van der Waals surface area (Å²) < 4.78 is 11.9. The van der Waals surface area contributed by atoms with Crippen molar-refractivity contribution < 1.29 is 19.1 Å². The van der Waals surface area contributed by atoms with Crippen LogP contribution in [0.5, 0.6) is 5.75 Å². The molecule has 4 rings (SSSR count). The molecule has 10 nitrogen and oxygen atoms in total. The Labute approximate surface area is 249 Å². The molecule has 0 bridgehead atoms. The molecule has 0 aliphatic carbocycles. The van der Waals surface area contributed by atoms with Gasteiger partial charge < -0.3 is 24.6 Å². The maximum Gasteiger partial charge on any atom is 0.338 e. The third-order valence-electron chi connectivity index (χ3n) is 6.73. The van der Waals surface area contributed by atoms with Crippen LogP contribution in [0.25, 0.3) is 16.6 Å². The monoisotopic (exact) mass is 591 g/mol. The Morgan fingerprint density at radius 3 is 2.33 bits per heavy atom. The molecule has 1 heterocycles. The van der Waals surface area contributed by atoms with Gasteiger partial charge in [-0.2, -0.15) is 0 Å². The van der Waals surface area contributed by atoms with E-state index in [1.165, 1.54) is 4.57 Å². The molecule has 0 aliphatic heterocycles. The van der Waals surface area contributed by atoms with E-state index in [-0.39, 0.29) is 12.2 Å². The minimum Gasteiger partial charge on any atom is -0.497 e. The normalized spacial score (nSPS) is 11.8. The molecule has 11 heteroatoms. The number of fused-ring (bicyclic) bond motifs is 1. The highest BCUT2D eigenvalue weighted by atomic mass is 35.5. The third kappa shape index (κ3) is 6.89. The Bertz CT molecular complexity index is 1620. The molecule has 0 radical (unpaired) electrons. The second kappa shape index (κ2) is 13.5. The first-order valence-corrected chi connectivity index (χ1v) is 13.9. The van der Waals surface area contributed by atoms with Crippen LogP contribution >= 0.6 is 11.6 Å². The number of nitrogens with one attached hydrogen (secondary N) is 1. The molecule has 1 N–H and O–H groups in total. The highest BCUT2D eigenvalue weighted by Gasteiger charge is 2.27. The average Bonchev–Trinajstić information content (AvgIpc) is 2.97. The minimum atomic E-state index is -0.637. The van der Waals surface area contributed by atoms with Crippen LogP contribution in [0.1, 0.15) is 36.1 Å². The maximum atomic E-state index is 13.9. The highest BCUT2D eigenvalue weighted by Crippen LogP contribution is 2.26. The molecule has 2 amide bonds. The summed E-state index contributed by atoms with van der Waals surface area (Å²) in [6, 6.07) is 17.5. The lowest BCUT2D eigenvalue weighted by Gasteiger charge is -2.31. The quantitative estimate of drug-likeness (QED) is 0.247. The molecule has 1 aromatic heterocycles. The number of esters is 1. The van der Waals surface area contributed by atoms with Crippen LogP contribution in [0, 0.1) is 0 Å². The number of methoxy groups -OCH3 is 1. The van der Waals surface area contributed by atoms with Crippen molar-refractivity contribution in [2.45, 2.75) is 19.9 Å². The summed E-state index contributed by atoms with van der Waals surface area (Å²) in [4.78, 5) is 48.1. The SMILES string of the molecule is CCOC(=O)c1ccc(NC(=O)N(CCN(C)C)C(C)c2nc3cc(Cl)ccc3c(=O)n2-c2ccc(OC)cc2)cc1. The number of aromatic nitrogens is 2. The fraction of sp³-hybridized carbons (Fsp3) is 0.290. The first kappa shape index (κ1) is 30.5. The number of benzene rings is 3. The molecule has 0 saturated carbocycles. The van der Waals surface area contributed by atoms with Gasteiger partial charge in [-0.3, -0.25) is 9.36 Å². The highest BCUT2D eigenvalue weighted by molar-refractivity contribution is 6.31. The van der Waals surface area contributed by atoms with Gasteiger partial charge in [0.2, 0.25) is 0 Å². The predicted octanol–water partition coefficient (Wildman–Crippen LogP) is 5.38. The lowest BCUT2D eigenvalue weighted by molar-refractivity contribution is 0.0526. The summed E-state index contributed by atoms with van der Waals surface area (Å²) in [5.41, 5.74) is 1.61. The Hall–Kier alpha value is -4.41. The number of anilines is 1. The van der Waals surface area contributed by atoms with E-state index in [0.29, 0.717) is 57.5 Å². The van der Waals surface area contributed by atoms with Gasteiger partial charge in [-0.25, -0.2) is 14.6 Å². The van der Waals surface area contributed by atoms with Crippen molar-refractivity contribution in [3.63, 3.8) is 0 Å². The fourth-order valence-electron chi connectivity index (χ4n) is 4.45. The van der Waals surface area contributed by atoms with Crippen molar-refractivity contribution in [1.82, 2.24) is 19.4 Å². The van der Waals surface area contributed by atoms with E-state index in [1.54, 1.807) is 85.7 Å². The molecular formula is C31H34ClN5O5. The van der Waals surface area contributed by atoms with E-state index in [2.05, 4.69) is 5.32 Å². The van der Waals surface area contributed by atoms with Crippen LogP contribution in [0.15, 0.2) is 71.5 Å². The van der Waals surface area contributed by atoms with Crippen LogP contribution < -0.4 is 15.6 Å². The van der Waals surface area contributed by atoms with E-state index in [9.17, 15) is 14.4 Å². The molecule has 220 valence electrons. The van der Waals surface area contributed by atoms with Crippen molar-refractivity contribution in [2.75, 3.05) is 46.2 Å². The van der Waals surface area contributed by atoms with Gasteiger partial charge in [0.25, 0.3) is 5.56 Å². The molecule has 42 heavy (non-hydrogen) atoms. The number of likely N-dealkylation sites (N-methyl/N-ethyl adjacent to an activating group) is 1. The van der Waals surface area contributed by atoms with Gasteiger partial charge >= 0.3 is 12.0 Å². The van der Waals surface area contributed by atoms with Crippen molar-refractivity contribution in [3.8, 4) is 11.4 Å². The lowest BCUT2D eigenvalue weighted by Crippen LogP contribution is -2.43. The molecule has 3 aromatic carbocycles. The number of ether oxygens (including phenoxy) is 2. The topological polar surface area (TPSA) is 106 Å². The minimum absolute atomic E-state index is 0.270. The number of rotatable bonds is 10. The van der Waals surface area contributed by atoms with E-state index < -0.39 is 18.0 Å². The van der Waals surface area contributed by atoms with Gasteiger partial charge in [-0.15, -0.1) is 0 Å². The molecule has 0 saturated heterocycles. The molecule has 4 aromatic rings. The Balaban J connectivity index is 1.77. The molecule has 0 spiro atoms. The third-order valence-corrected chi connectivity index (χ3v) is 6.96. The number of nitrogens with zero attached hydrogens (tertiary/aromatic N) is 4. The van der Waals surface area contributed by atoms with Gasteiger partial charge in [0.15, 0.2) is 0 Å². The fourth-order valence-corrected chi connectivity index (χ4v) is 4.62. The molecule has 0 fully saturated rings. The van der Waals surface area contributed by atoms with E-state index in [0.717, 1.165) is 0 Å². The lowest BCUT2D eigenvalue weighted by atomic mass is 10.1. The summed E-state index contributed by atoms with van der Waals surface area (Å²) in [5, 5.41) is 3.76. The Morgan fingerprint density at radius 2 is 1.71 bits per heavy atom. The largest absolute Gasteiger partial charge is 0.497 e. The van der Waals surface area contributed by atoms with Gasteiger partial charge in [0, 0.05) is 23.8 Å². The standard InChI is InChI=1S/C31H34ClN5O5/c1-6-42-30(39)21-7-10-23(11-8-21)33-31(40)36(18-17-35(3)4)20(2)28-34-27-19-22(32)9-16-26(27)29(38)37(28)24-12-14-25(41-5)15-13-24/h7-16,19-20H,6,17-18H2,1-5H3,(H,33,40). The van der Waals surface area contributed by atoms with Crippen LogP contribution in [-0.2, 0) is 4.74 Å². The molecular weight excluding hydrogens is 558 g/mol. The van der Waals surface area contributed by atoms with Gasteiger partial charge in [0.1, 0.15) is 11.6 Å². The van der Waals surface area contributed by atoms with Crippen LogP contribution in [0.3, 0.4) is 0 Å². The van der Waals surface area contributed by atoms with Crippen molar-refractivity contribution in [1.29, 1.82) is 0 Å². The number of amides is 2. The predicted molar refractivity (Wildman–Crippen MR) is 164 cm³/mol. The first-order valence-electron chi connectivity index (χ1n) is 13.5. The van der Waals surface area contributed by atoms with Crippen molar-refractivity contribution in [3.05, 3.63) is 93.5 Å².